The third kappa shape index (κ3) is 3.84. The first-order valence-corrected chi connectivity index (χ1v) is 9.87. The van der Waals surface area contributed by atoms with E-state index in [1.54, 1.807) is 6.33 Å². The van der Waals surface area contributed by atoms with E-state index < -0.39 is 0 Å². The Balaban J connectivity index is 0.000001000. The maximum atomic E-state index is 5.95. The lowest BCUT2D eigenvalue weighted by atomic mass is 9.74. The lowest BCUT2D eigenvalue weighted by Gasteiger charge is -2.35. The summed E-state index contributed by atoms with van der Waals surface area (Å²) in [6.07, 6.45) is 6.37. The quantitative estimate of drug-likeness (QED) is 0.711. The number of anilines is 2. The van der Waals surface area contributed by atoms with Crippen molar-refractivity contribution >= 4 is 48.7 Å². The zero-order valence-electron chi connectivity index (χ0n) is 16.7. The summed E-state index contributed by atoms with van der Waals surface area (Å²) in [4.78, 5) is 11.8. The minimum absolute atomic E-state index is 0. The molecule has 1 fully saturated rings. The second-order valence-corrected chi connectivity index (χ2v) is 8.17. The van der Waals surface area contributed by atoms with Gasteiger partial charge in [0.2, 0.25) is 0 Å². The van der Waals surface area contributed by atoms with Gasteiger partial charge in [0.1, 0.15) is 12.1 Å². The van der Waals surface area contributed by atoms with E-state index in [1.807, 2.05) is 0 Å². The van der Waals surface area contributed by atoms with Crippen LogP contribution in [-0.2, 0) is 18.4 Å². The fourth-order valence-corrected chi connectivity index (χ4v) is 5.20. The minimum atomic E-state index is 0. The molecular weight excluding hydrogens is 429 g/mol. The van der Waals surface area contributed by atoms with Crippen LogP contribution in [0.5, 0.6) is 0 Å². The predicted molar refractivity (Wildman–Crippen MR) is 126 cm³/mol. The van der Waals surface area contributed by atoms with Gasteiger partial charge in [-0.2, -0.15) is 0 Å². The summed E-state index contributed by atoms with van der Waals surface area (Å²) < 4.78 is 0. The van der Waals surface area contributed by atoms with E-state index in [4.69, 9.17) is 10.7 Å². The molecule has 1 atom stereocenters. The van der Waals surface area contributed by atoms with Crippen LogP contribution in [0, 0.1) is 0 Å². The van der Waals surface area contributed by atoms with E-state index in [9.17, 15) is 0 Å². The molecule has 0 saturated carbocycles. The van der Waals surface area contributed by atoms with Crippen LogP contribution in [0.2, 0.25) is 0 Å². The summed E-state index contributed by atoms with van der Waals surface area (Å²) in [5.41, 5.74) is 12.8. The van der Waals surface area contributed by atoms with Crippen molar-refractivity contribution < 1.29 is 0 Å². The van der Waals surface area contributed by atoms with E-state index in [-0.39, 0.29) is 42.6 Å². The van der Waals surface area contributed by atoms with Gasteiger partial charge in [0, 0.05) is 35.4 Å². The number of hydrogen-bond donors (Lipinski definition) is 2. The average Bonchev–Trinajstić information content (AvgIpc) is 3.21. The van der Waals surface area contributed by atoms with Crippen LogP contribution in [0.15, 0.2) is 24.5 Å². The molecule has 5 rings (SSSR count). The van der Waals surface area contributed by atoms with Crippen molar-refractivity contribution in [3.8, 4) is 0 Å². The number of fused-ring (bicyclic) bond motifs is 3. The molecule has 160 valence electrons. The van der Waals surface area contributed by atoms with Crippen LogP contribution in [0.4, 0.5) is 11.5 Å². The Morgan fingerprint density at radius 2 is 1.93 bits per heavy atom. The van der Waals surface area contributed by atoms with Crippen LogP contribution in [0.3, 0.4) is 0 Å². The molecule has 1 aliphatic carbocycles. The van der Waals surface area contributed by atoms with Crippen molar-refractivity contribution in [3.05, 3.63) is 46.9 Å². The number of nitrogens with one attached hydrogen (secondary N) is 1. The molecule has 1 saturated heterocycles. The fourth-order valence-electron chi connectivity index (χ4n) is 5.20. The van der Waals surface area contributed by atoms with Gasteiger partial charge in [-0.15, -0.1) is 37.2 Å². The maximum absolute atomic E-state index is 5.95. The Hall–Kier alpha value is -1.11. The van der Waals surface area contributed by atoms with Gasteiger partial charge in [-0.25, -0.2) is 9.97 Å². The molecule has 3 aliphatic rings. The van der Waals surface area contributed by atoms with Gasteiger partial charge in [-0.3, -0.25) is 0 Å². The van der Waals surface area contributed by atoms with Crippen LogP contribution >= 0.6 is 37.2 Å². The topological polar surface area (TPSA) is 67.1 Å². The molecule has 3 heterocycles. The summed E-state index contributed by atoms with van der Waals surface area (Å²) in [5.74, 6) is 1.68. The molecular formula is C21H30Cl3N5. The molecule has 1 aromatic heterocycles. The van der Waals surface area contributed by atoms with Gasteiger partial charge in [-0.05, 0) is 61.9 Å². The highest BCUT2D eigenvalue weighted by molar-refractivity contribution is 5.86. The van der Waals surface area contributed by atoms with Crippen molar-refractivity contribution in [1.29, 1.82) is 0 Å². The lowest BCUT2D eigenvalue weighted by Crippen LogP contribution is -2.42. The molecule has 5 nitrogen and oxygen atoms in total. The van der Waals surface area contributed by atoms with E-state index in [0.29, 0.717) is 12.5 Å². The van der Waals surface area contributed by atoms with Gasteiger partial charge >= 0.3 is 0 Å². The smallest absolute Gasteiger partial charge is 0.140 e. The number of hydrogen-bond acceptors (Lipinski definition) is 5. The Labute approximate surface area is 191 Å². The van der Waals surface area contributed by atoms with Crippen molar-refractivity contribution in [2.75, 3.05) is 24.5 Å². The summed E-state index contributed by atoms with van der Waals surface area (Å²) in [7, 11) is 0. The monoisotopic (exact) mass is 457 g/mol. The zero-order valence-corrected chi connectivity index (χ0v) is 19.1. The molecule has 8 heteroatoms. The number of piperidine rings is 1. The SMILES string of the molecule is C[C@@H]1CCc2ncnc(N3CC4(CCNCC4)c4cc(CN)ccc43)c21.Cl.Cl.Cl. The number of nitrogens with zero attached hydrogens (tertiary/aromatic N) is 3. The molecule has 0 radical (unpaired) electrons. The number of rotatable bonds is 2. The Bertz CT molecular complexity index is 854. The van der Waals surface area contributed by atoms with Gasteiger partial charge in [0.05, 0.1) is 0 Å². The van der Waals surface area contributed by atoms with Gasteiger partial charge in [0.15, 0.2) is 0 Å². The molecule has 3 N–H and O–H groups in total. The van der Waals surface area contributed by atoms with E-state index in [1.165, 1.54) is 47.3 Å². The number of halogens is 3. The first-order valence-electron chi connectivity index (χ1n) is 9.87. The summed E-state index contributed by atoms with van der Waals surface area (Å²) in [6.45, 7) is 6.10. The molecule has 1 spiro atoms. The number of benzene rings is 1. The maximum Gasteiger partial charge on any atom is 0.140 e. The highest BCUT2D eigenvalue weighted by Crippen LogP contribution is 2.50. The van der Waals surface area contributed by atoms with Crippen molar-refractivity contribution in [2.45, 2.75) is 50.5 Å². The van der Waals surface area contributed by atoms with Crippen LogP contribution in [0.25, 0.3) is 0 Å². The molecule has 0 unspecified atom stereocenters. The number of aryl methyl sites for hydroxylation is 1. The summed E-state index contributed by atoms with van der Waals surface area (Å²) in [5, 5.41) is 3.53. The standard InChI is InChI=1S/C21H27N5.3ClH/c1-14-2-4-17-19(14)20(25-13-24-17)26-12-21(6-8-23-9-7-21)16-10-15(11-22)3-5-18(16)26;;;/h3,5,10,13-14,23H,2,4,6-9,11-12,22H2,1H3;3*1H/t14-;;;/m1.../s1. The van der Waals surface area contributed by atoms with Gasteiger partial charge in [0.25, 0.3) is 0 Å². The Kier molecular flexibility index (Phi) is 7.80. The fraction of sp³-hybridized carbons (Fsp3) is 0.524. The Morgan fingerprint density at radius 1 is 1.17 bits per heavy atom. The predicted octanol–water partition coefficient (Wildman–Crippen LogP) is 4.02. The summed E-state index contributed by atoms with van der Waals surface area (Å²) in [6, 6.07) is 6.80. The van der Waals surface area contributed by atoms with Gasteiger partial charge < -0.3 is 16.0 Å². The number of aromatic nitrogens is 2. The number of nitrogens with two attached hydrogens (primary N) is 1. The van der Waals surface area contributed by atoms with Crippen LogP contribution in [-0.4, -0.2) is 29.6 Å². The second-order valence-electron chi connectivity index (χ2n) is 8.17. The normalized spacial score (nSPS) is 20.9. The molecule has 0 bridgehead atoms. The molecule has 2 aromatic rings. The largest absolute Gasteiger partial charge is 0.326 e. The van der Waals surface area contributed by atoms with Gasteiger partial charge in [-0.1, -0.05) is 19.1 Å². The minimum Gasteiger partial charge on any atom is -0.326 e. The average molecular weight is 459 g/mol. The lowest BCUT2D eigenvalue weighted by molar-refractivity contribution is 0.329. The van der Waals surface area contributed by atoms with E-state index in [2.05, 4.69) is 40.3 Å². The molecule has 2 aliphatic heterocycles. The van der Waals surface area contributed by atoms with E-state index >= 15 is 0 Å². The first kappa shape index (κ1) is 24.2. The summed E-state index contributed by atoms with van der Waals surface area (Å²) >= 11 is 0. The van der Waals surface area contributed by atoms with Crippen LogP contribution in [0.1, 0.15) is 54.5 Å². The third-order valence-corrected chi connectivity index (χ3v) is 6.69. The van der Waals surface area contributed by atoms with Crippen molar-refractivity contribution in [1.82, 2.24) is 15.3 Å². The zero-order chi connectivity index (χ0) is 17.7. The Morgan fingerprint density at radius 3 is 2.66 bits per heavy atom. The second kappa shape index (κ2) is 9.36. The molecule has 1 aromatic carbocycles. The van der Waals surface area contributed by atoms with Crippen LogP contribution < -0.4 is 16.0 Å². The highest BCUT2D eigenvalue weighted by Gasteiger charge is 2.45. The molecule has 0 amide bonds. The third-order valence-electron chi connectivity index (χ3n) is 6.69. The van der Waals surface area contributed by atoms with Crippen molar-refractivity contribution in [3.63, 3.8) is 0 Å². The van der Waals surface area contributed by atoms with Crippen molar-refractivity contribution in [2.24, 2.45) is 5.73 Å². The van der Waals surface area contributed by atoms with E-state index in [0.717, 1.165) is 31.9 Å². The highest BCUT2D eigenvalue weighted by atomic mass is 35.5. The molecule has 29 heavy (non-hydrogen) atoms. The first-order chi connectivity index (χ1) is 12.7.